The van der Waals surface area contributed by atoms with Crippen molar-refractivity contribution in [2.75, 3.05) is 13.2 Å². The molecule has 0 spiro atoms. The third kappa shape index (κ3) is 53.5. The summed E-state index contributed by atoms with van der Waals surface area (Å²) in [6.07, 6.45) is 73.1. The molecule has 6 heteroatoms. The van der Waals surface area contributed by atoms with E-state index >= 15 is 0 Å². The van der Waals surface area contributed by atoms with Crippen molar-refractivity contribution in [1.29, 1.82) is 0 Å². The smallest absolute Gasteiger partial charge is 0.306 e. The van der Waals surface area contributed by atoms with Gasteiger partial charge in [-0.2, -0.15) is 0 Å². The van der Waals surface area contributed by atoms with E-state index in [1.165, 1.54) is 116 Å². The van der Waals surface area contributed by atoms with Gasteiger partial charge in [-0.05, 0) is 103 Å². The van der Waals surface area contributed by atoms with Gasteiger partial charge in [0.2, 0.25) is 0 Å². The summed E-state index contributed by atoms with van der Waals surface area (Å²) in [5.74, 6) is -0.902. The highest BCUT2D eigenvalue weighted by Crippen LogP contribution is 2.15. The molecule has 1 atom stereocenters. The molecule has 0 saturated heterocycles. The van der Waals surface area contributed by atoms with Gasteiger partial charge in [-0.1, -0.05) is 234 Å². The number of unbranched alkanes of at least 4 members (excludes halogenated alkanes) is 26. The van der Waals surface area contributed by atoms with Gasteiger partial charge in [0, 0.05) is 19.3 Å². The van der Waals surface area contributed by atoms with Crippen LogP contribution in [-0.4, -0.2) is 37.2 Å². The summed E-state index contributed by atoms with van der Waals surface area (Å²) in [6, 6.07) is 0. The lowest BCUT2D eigenvalue weighted by Crippen LogP contribution is -2.30. The fourth-order valence-electron chi connectivity index (χ4n) is 7.81. The summed E-state index contributed by atoms with van der Waals surface area (Å²) in [7, 11) is 0. The van der Waals surface area contributed by atoms with E-state index in [1.807, 2.05) is 0 Å². The number of allylic oxidation sites excluding steroid dienone is 14. The van der Waals surface area contributed by atoms with Crippen LogP contribution in [0, 0.1) is 0 Å². The van der Waals surface area contributed by atoms with Crippen molar-refractivity contribution in [1.82, 2.24) is 0 Å². The van der Waals surface area contributed by atoms with Gasteiger partial charge in [0.15, 0.2) is 6.10 Å². The van der Waals surface area contributed by atoms with Crippen LogP contribution in [0.3, 0.4) is 0 Å². The molecule has 0 bridgehead atoms. The van der Waals surface area contributed by atoms with Crippen LogP contribution in [0.4, 0.5) is 0 Å². The van der Waals surface area contributed by atoms with Crippen LogP contribution in [0.2, 0.25) is 0 Å². The lowest BCUT2D eigenvalue weighted by Gasteiger charge is -2.18. The summed E-state index contributed by atoms with van der Waals surface area (Å²) < 4.78 is 16.8. The predicted octanol–water partition coefficient (Wildman–Crippen LogP) is 19.2. The van der Waals surface area contributed by atoms with E-state index in [4.69, 9.17) is 14.2 Å². The SMILES string of the molecule is CC/C=C\C/C=C\C/C=C\C/C=C\C/C=C\CCCCCCCCCCCCCCCC(=O)OCC(COC(=O)CCCCCCC/C=C\CCC)OC(=O)CCCCCCC/C=C\CCCC. The molecular weight excluding hydrogens is 841 g/mol. The van der Waals surface area contributed by atoms with E-state index in [1.54, 1.807) is 0 Å². The van der Waals surface area contributed by atoms with Gasteiger partial charge in [-0.25, -0.2) is 0 Å². The number of hydrogen-bond acceptors (Lipinski definition) is 6. The Kier molecular flexibility index (Phi) is 53.4. The minimum atomic E-state index is -0.782. The molecule has 0 fully saturated rings. The molecule has 0 aliphatic carbocycles. The Hall–Kier alpha value is -3.41. The lowest BCUT2D eigenvalue weighted by molar-refractivity contribution is -0.167. The van der Waals surface area contributed by atoms with Crippen molar-refractivity contribution in [3.05, 3.63) is 85.1 Å². The van der Waals surface area contributed by atoms with Crippen LogP contribution in [0.15, 0.2) is 85.1 Å². The summed E-state index contributed by atoms with van der Waals surface area (Å²) in [5, 5.41) is 0. The summed E-state index contributed by atoms with van der Waals surface area (Å²) in [6.45, 7) is 6.41. The number of esters is 3. The van der Waals surface area contributed by atoms with E-state index in [0.29, 0.717) is 19.3 Å². The van der Waals surface area contributed by atoms with Crippen molar-refractivity contribution in [2.24, 2.45) is 0 Å². The standard InChI is InChI=1S/C62H106O6/c1-4-7-10-13-16-19-22-23-24-25-26-27-28-29-30-31-32-33-34-35-36-37-38-39-41-43-46-49-52-55-61(64)67-58-59(57-66-60(63)54-51-48-45-42-21-18-15-12-9-6-3)68-62(65)56-53-50-47-44-40-20-17-14-11-8-5-2/h7,10,12,14-17,19,23-24,26-27,29-30,59H,4-6,8-9,11,13,18,20-22,25,28,31-58H2,1-3H3/b10-7-,15-12-,17-14-,19-16-,24-23-,27-26-,30-29-. The zero-order valence-corrected chi connectivity index (χ0v) is 44.6. The monoisotopic (exact) mass is 947 g/mol. The van der Waals surface area contributed by atoms with Gasteiger partial charge < -0.3 is 14.2 Å². The van der Waals surface area contributed by atoms with E-state index in [0.717, 1.165) is 116 Å². The van der Waals surface area contributed by atoms with Crippen molar-refractivity contribution < 1.29 is 28.6 Å². The molecule has 0 aromatic heterocycles. The van der Waals surface area contributed by atoms with E-state index in [9.17, 15) is 14.4 Å². The molecule has 1 unspecified atom stereocenters. The number of carbonyl (C=O) groups excluding carboxylic acids is 3. The maximum Gasteiger partial charge on any atom is 0.306 e. The largest absolute Gasteiger partial charge is 0.462 e. The molecule has 0 N–H and O–H groups in total. The van der Waals surface area contributed by atoms with Crippen molar-refractivity contribution in [3.8, 4) is 0 Å². The van der Waals surface area contributed by atoms with Gasteiger partial charge in [-0.15, -0.1) is 0 Å². The zero-order valence-electron chi connectivity index (χ0n) is 44.6. The van der Waals surface area contributed by atoms with E-state index in [-0.39, 0.29) is 31.1 Å². The first-order valence-corrected chi connectivity index (χ1v) is 28.6. The molecule has 0 radical (unpaired) electrons. The fraction of sp³-hybridized carbons (Fsp3) is 0.726. The van der Waals surface area contributed by atoms with E-state index < -0.39 is 6.10 Å². The second-order valence-electron chi connectivity index (χ2n) is 18.8. The zero-order chi connectivity index (χ0) is 49.3. The molecule has 0 amide bonds. The molecule has 0 aromatic carbocycles. The molecule has 0 aliphatic heterocycles. The van der Waals surface area contributed by atoms with Gasteiger partial charge in [0.25, 0.3) is 0 Å². The maximum atomic E-state index is 12.8. The Balaban J connectivity index is 4.13. The van der Waals surface area contributed by atoms with Crippen LogP contribution in [0.1, 0.15) is 271 Å². The third-order valence-electron chi connectivity index (χ3n) is 12.1. The number of rotatable bonds is 51. The average molecular weight is 948 g/mol. The minimum Gasteiger partial charge on any atom is -0.462 e. The van der Waals surface area contributed by atoms with Crippen LogP contribution in [-0.2, 0) is 28.6 Å². The number of carbonyl (C=O) groups is 3. The summed E-state index contributed by atoms with van der Waals surface area (Å²) >= 11 is 0. The van der Waals surface area contributed by atoms with Gasteiger partial charge in [0.1, 0.15) is 13.2 Å². The Labute approximate surface area is 420 Å². The van der Waals surface area contributed by atoms with Crippen LogP contribution < -0.4 is 0 Å². The highest BCUT2D eigenvalue weighted by Gasteiger charge is 2.19. The molecule has 390 valence electrons. The Morgan fingerprint density at radius 1 is 0.309 bits per heavy atom. The number of hydrogen-bond donors (Lipinski definition) is 0. The molecule has 0 heterocycles. The molecule has 0 saturated carbocycles. The maximum absolute atomic E-state index is 12.8. The Bertz CT molecular complexity index is 1320. The molecule has 68 heavy (non-hydrogen) atoms. The lowest BCUT2D eigenvalue weighted by atomic mass is 10.0. The molecule has 0 rings (SSSR count). The van der Waals surface area contributed by atoms with Crippen LogP contribution in [0.5, 0.6) is 0 Å². The highest BCUT2D eigenvalue weighted by molar-refractivity contribution is 5.71. The van der Waals surface area contributed by atoms with E-state index in [2.05, 4.69) is 106 Å². The number of ether oxygens (including phenoxy) is 3. The predicted molar refractivity (Wildman–Crippen MR) is 293 cm³/mol. The first-order chi connectivity index (χ1) is 33.5. The topological polar surface area (TPSA) is 78.9 Å². The molecular formula is C62H106O6. The minimum absolute atomic E-state index is 0.0819. The quantitative estimate of drug-likeness (QED) is 0.0262. The Morgan fingerprint density at radius 3 is 0.971 bits per heavy atom. The molecule has 0 aromatic rings. The Morgan fingerprint density at radius 2 is 0.603 bits per heavy atom. The first-order valence-electron chi connectivity index (χ1n) is 28.6. The van der Waals surface area contributed by atoms with Crippen molar-refractivity contribution in [2.45, 2.75) is 277 Å². The fourth-order valence-corrected chi connectivity index (χ4v) is 7.81. The second-order valence-corrected chi connectivity index (χ2v) is 18.8. The summed E-state index contributed by atoms with van der Waals surface area (Å²) in [5.41, 5.74) is 0. The molecule has 6 nitrogen and oxygen atoms in total. The average Bonchev–Trinajstić information content (AvgIpc) is 3.34. The molecule has 0 aliphatic rings. The van der Waals surface area contributed by atoms with Crippen molar-refractivity contribution in [3.63, 3.8) is 0 Å². The van der Waals surface area contributed by atoms with Crippen LogP contribution in [0.25, 0.3) is 0 Å². The van der Waals surface area contributed by atoms with Gasteiger partial charge >= 0.3 is 17.9 Å². The van der Waals surface area contributed by atoms with Gasteiger partial charge in [-0.3, -0.25) is 14.4 Å². The third-order valence-corrected chi connectivity index (χ3v) is 12.1. The van der Waals surface area contributed by atoms with Gasteiger partial charge in [0.05, 0.1) is 0 Å². The van der Waals surface area contributed by atoms with Crippen molar-refractivity contribution >= 4 is 17.9 Å². The highest BCUT2D eigenvalue weighted by atomic mass is 16.6. The second kappa shape index (κ2) is 56.2. The summed E-state index contributed by atoms with van der Waals surface area (Å²) in [4.78, 5) is 37.9. The normalized spacial score (nSPS) is 12.7. The first kappa shape index (κ1) is 64.6. The van der Waals surface area contributed by atoms with Crippen LogP contribution >= 0.6 is 0 Å².